The Kier molecular flexibility index (Phi) is 4.90. The third-order valence-electron chi connectivity index (χ3n) is 1.99. The molecule has 0 unspecified atom stereocenters. The van der Waals surface area contributed by atoms with Gasteiger partial charge in [-0.15, -0.1) is 0 Å². The SMILES string of the molecule is COc1cc(C(=O)NOCC(C)C)ccc1F. The van der Waals surface area contributed by atoms with Gasteiger partial charge in [0.25, 0.3) is 5.91 Å². The van der Waals surface area contributed by atoms with Gasteiger partial charge in [0.2, 0.25) is 0 Å². The maximum Gasteiger partial charge on any atom is 0.274 e. The molecule has 1 aromatic carbocycles. The van der Waals surface area contributed by atoms with E-state index in [0.29, 0.717) is 12.5 Å². The summed E-state index contributed by atoms with van der Waals surface area (Å²) in [6.45, 7) is 4.35. The van der Waals surface area contributed by atoms with E-state index in [1.807, 2.05) is 13.8 Å². The first-order valence-corrected chi connectivity index (χ1v) is 5.30. The molecular weight excluding hydrogens is 225 g/mol. The van der Waals surface area contributed by atoms with Crippen LogP contribution in [-0.4, -0.2) is 19.6 Å². The summed E-state index contributed by atoms with van der Waals surface area (Å²) in [7, 11) is 1.34. The number of benzene rings is 1. The van der Waals surface area contributed by atoms with Crippen LogP contribution in [0.5, 0.6) is 5.75 Å². The molecule has 0 aliphatic carbocycles. The van der Waals surface area contributed by atoms with E-state index in [-0.39, 0.29) is 11.3 Å². The monoisotopic (exact) mass is 241 g/mol. The van der Waals surface area contributed by atoms with Crippen LogP contribution in [0.25, 0.3) is 0 Å². The molecule has 1 amide bonds. The van der Waals surface area contributed by atoms with E-state index in [1.54, 1.807) is 0 Å². The highest BCUT2D eigenvalue weighted by Gasteiger charge is 2.10. The molecule has 0 fully saturated rings. The number of methoxy groups -OCH3 is 1. The molecule has 17 heavy (non-hydrogen) atoms. The first kappa shape index (κ1) is 13.4. The Morgan fingerprint density at radius 1 is 1.47 bits per heavy atom. The molecule has 0 saturated carbocycles. The fraction of sp³-hybridized carbons (Fsp3) is 0.417. The maximum atomic E-state index is 13.1. The van der Waals surface area contributed by atoms with E-state index in [0.717, 1.165) is 0 Å². The summed E-state index contributed by atoms with van der Waals surface area (Å²) in [6.07, 6.45) is 0. The molecule has 1 N–H and O–H groups in total. The van der Waals surface area contributed by atoms with Gasteiger partial charge in [0.15, 0.2) is 11.6 Å². The van der Waals surface area contributed by atoms with E-state index in [9.17, 15) is 9.18 Å². The fourth-order valence-electron chi connectivity index (χ4n) is 1.13. The lowest BCUT2D eigenvalue weighted by Crippen LogP contribution is -2.25. The van der Waals surface area contributed by atoms with Crippen molar-refractivity contribution in [3.63, 3.8) is 0 Å². The molecule has 4 nitrogen and oxygen atoms in total. The second-order valence-corrected chi connectivity index (χ2v) is 3.99. The Hall–Kier alpha value is -1.62. The van der Waals surface area contributed by atoms with Gasteiger partial charge in [-0.1, -0.05) is 13.8 Å². The molecule has 0 bridgehead atoms. The van der Waals surface area contributed by atoms with Gasteiger partial charge in [0, 0.05) is 5.56 Å². The summed E-state index contributed by atoms with van der Waals surface area (Å²) in [4.78, 5) is 16.6. The van der Waals surface area contributed by atoms with Gasteiger partial charge in [0.1, 0.15) is 0 Å². The molecule has 5 heteroatoms. The van der Waals surface area contributed by atoms with E-state index >= 15 is 0 Å². The second-order valence-electron chi connectivity index (χ2n) is 3.99. The number of rotatable bonds is 5. The van der Waals surface area contributed by atoms with Crippen LogP contribution in [0.4, 0.5) is 4.39 Å². The summed E-state index contributed by atoms with van der Waals surface area (Å²) in [5.41, 5.74) is 2.57. The standard InChI is InChI=1S/C12H16FNO3/c1-8(2)7-17-14-12(15)9-4-5-10(13)11(6-9)16-3/h4-6,8H,7H2,1-3H3,(H,14,15). The van der Waals surface area contributed by atoms with Gasteiger partial charge < -0.3 is 4.74 Å². The predicted octanol–water partition coefficient (Wildman–Crippen LogP) is 2.15. The molecule has 0 spiro atoms. The first-order chi connectivity index (χ1) is 8.04. The van der Waals surface area contributed by atoms with Crippen molar-refractivity contribution in [2.75, 3.05) is 13.7 Å². The Balaban J connectivity index is 2.63. The number of halogens is 1. The van der Waals surface area contributed by atoms with Crippen LogP contribution in [0.15, 0.2) is 18.2 Å². The summed E-state index contributed by atoms with van der Waals surface area (Å²) >= 11 is 0. The van der Waals surface area contributed by atoms with Gasteiger partial charge in [-0.25, -0.2) is 9.87 Å². The van der Waals surface area contributed by atoms with Crippen molar-refractivity contribution < 1.29 is 18.8 Å². The molecule has 0 heterocycles. The zero-order valence-electron chi connectivity index (χ0n) is 10.1. The molecule has 94 valence electrons. The molecule has 1 rings (SSSR count). The van der Waals surface area contributed by atoms with Crippen molar-refractivity contribution in [2.24, 2.45) is 5.92 Å². The minimum absolute atomic E-state index is 0.0292. The Bertz CT molecular complexity index is 393. The zero-order valence-corrected chi connectivity index (χ0v) is 10.1. The Morgan fingerprint density at radius 3 is 2.76 bits per heavy atom. The number of nitrogens with one attached hydrogen (secondary N) is 1. The van der Waals surface area contributed by atoms with Crippen molar-refractivity contribution >= 4 is 5.91 Å². The lowest BCUT2D eigenvalue weighted by molar-refractivity contribution is 0.0208. The third kappa shape index (κ3) is 4.03. The van der Waals surface area contributed by atoms with Gasteiger partial charge in [-0.05, 0) is 24.1 Å². The summed E-state index contributed by atoms with van der Waals surface area (Å²) in [5, 5.41) is 0. The van der Waals surface area contributed by atoms with Crippen LogP contribution in [0.3, 0.4) is 0 Å². The Labute approximate surface area is 99.7 Å². The van der Waals surface area contributed by atoms with E-state index in [1.165, 1.54) is 25.3 Å². The van der Waals surface area contributed by atoms with Crippen LogP contribution in [0.1, 0.15) is 24.2 Å². The molecule has 0 aliphatic heterocycles. The van der Waals surface area contributed by atoms with Crippen LogP contribution >= 0.6 is 0 Å². The molecule has 1 aromatic rings. The molecule has 0 saturated heterocycles. The lowest BCUT2D eigenvalue weighted by Gasteiger charge is -2.08. The number of hydroxylamine groups is 1. The van der Waals surface area contributed by atoms with Gasteiger partial charge in [-0.3, -0.25) is 9.63 Å². The van der Waals surface area contributed by atoms with Crippen molar-refractivity contribution in [2.45, 2.75) is 13.8 Å². The number of hydrogen-bond acceptors (Lipinski definition) is 3. The van der Waals surface area contributed by atoms with E-state index < -0.39 is 11.7 Å². The smallest absolute Gasteiger partial charge is 0.274 e. The van der Waals surface area contributed by atoms with Crippen LogP contribution in [0.2, 0.25) is 0 Å². The highest BCUT2D eigenvalue weighted by atomic mass is 19.1. The number of ether oxygens (including phenoxy) is 1. The second kappa shape index (κ2) is 6.20. The predicted molar refractivity (Wildman–Crippen MR) is 61.2 cm³/mol. The molecule has 0 atom stereocenters. The number of carbonyl (C=O) groups excluding carboxylic acids is 1. The fourth-order valence-corrected chi connectivity index (χ4v) is 1.13. The summed E-state index contributed by atoms with van der Waals surface area (Å²) in [6, 6.07) is 3.87. The average molecular weight is 241 g/mol. The van der Waals surface area contributed by atoms with E-state index in [2.05, 4.69) is 5.48 Å². The minimum Gasteiger partial charge on any atom is -0.494 e. The maximum absolute atomic E-state index is 13.1. The van der Waals surface area contributed by atoms with Crippen LogP contribution in [-0.2, 0) is 4.84 Å². The Morgan fingerprint density at radius 2 is 2.18 bits per heavy atom. The lowest BCUT2D eigenvalue weighted by atomic mass is 10.2. The third-order valence-corrected chi connectivity index (χ3v) is 1.99. The normalized spacial score (nSPS) is 10.4. The summed E-state index contributed by atoms with van der Waals surface area (Å²) < 4.78 is 17.9. The highest BCUT2D eigenvalue weighted by Crippen LogP contribution is 2.17. The molecular formula is C12H16FNO3. The van der Waals surface area contributed by atoms with Crippen LogP contribution < -0.4 is 10.2 Å². The largest absolute Gasteiger partial charge is 0.494 e. The number of amides is 1. The summed E-state index contributed by atoms with van der Waals surface area (Å²) in [5.74, 6) is -0.587. The average Bonchev–Trinajstić information content (AvgIpc) is 2.29. The van der Waals surface area contributed by atoms with Gasteiger partial charge >= 0.3 is 0 Å². The van der Waals surface area contributed by atoms with E-state index in [4.69, 9.17) is 9.57 Å². The van der Waals surface area contributed by atoms with Crippen LogP contribution in [0, 0.1) is 11.7 Å². The van der Waals surface area contributed by atoms with Crippen molar-refractivity contribution in [3.8, 4) is 5.75 Å². The molecule has 0 radical (unpaired) electrons. The van der Waals surface area contributed by atoms with Crippen molar-refractivity contribution in [1.29, 1.82) is 0 Å². The highest BCUT2D eigenvalue weighted by molar-refractivity contribution is 5.93. The van der Waals surface area contributed by atoms with Crippen molar-refractivity contribution in [3.05, 3.63) is 29.6 Å². The van der Waals surface area contributed by atoms with Gasteiger partial charge in [-0.2, -0.15) is 0 Å². The topological polar surface area (TPSA) is 47.6 Å². The number of carbonyl (C=O) groups is 1. The zero-order chi connectivity index (χ0) is 12.8. The number of hydrogen-bond donors (Lipinski definition) is 1. The van der Waals surface area contributed by atoms with Gasteiger partial charge in [0.05, 0.1) is 13.7 Å². The first-order valence-electron chi connectivity index (χ1n) is 5.30. The van der Waals surface area contributed by atoms with Crippen molar-refractivity contribution in [1.82, 2.24) is 5.48 Å². The molecule has 0 aromatic heterocycles. The quantitative estimate of drug-likeness (QED) is 0.803. The molecule has 0 aliphatic rings. The minimum atomic E-state index is -0.507.